The molecule has 0 aromatic rings. The molecular formula is C3H6Cl3N. The van der Waals surface area contributed by atoms with Crippen molar-refractivity contribution in [2.24, 2.45) is 0 Å². The van der Waals surface area contributed by atoms with E-state index in [1.807, 2.05) is 6.92 Å². The highest BCUT2D eigenvalue weighted by molar-refractivity contribution is 6.34. The van der Waals surface area contributed by atoms with Crippen molar-refractivity contribution in [3.63, 3.8) is 0 Å². The van der Waals surface area contributed by atoms with Crippen molar-refractivity contribution in [3.8, 4) is 0 Å². The molecule has 0 aromatic heterocycles. The summed E-state index contributed by atoms with van der Waals surface area (Å²) in [6, 6.07) is 0.0324. The van der Waals surface area contributed by atoms with E-state index >= 15 is 0 Å². The van der Waals surface area contributed by atoms with Crippen LogP contribution < -0.4 is 0 Å². The topological polar surface area (TPSA) is 3.24 Å². The van der Waals surface area contributed by atoms with Gasteiger partial charge < -0.3 is 0 Å². The second-order valence-corrected chi connectivity index (χ2v) is 2.47. The fraction of sp³-hybridized carbons (Fsp3) is 1.00. The van der Waals surface area contributed by atoms with E-state index in [0.717, 1.165) is 3.94 Å². The smallest absolute Gasteiger partial charge is 0.0523 e. The van der Waals surface area contributed by atoms with Gasteiger partial charge in [0, 0.05) is 5.88 Å². The number of hydrogen-bond acceptors (Lipinski definition) is 1. The summed E-state index contributed by atoms with van der Waals surface area (Å²) in [6.07, 6.45) is 0. The molecule has 0 saturated carbocycles. The zero-order chi connectivity index (χ0) is 5.86. The molecule has 0 bridgehead atoms. The van der Waals surface area contributed by atoms with Crippen LogP contribution in [0.2, 0.25) is 0 Å². The fourth-order valence-corrected chi connectivity index (χ4v) is 0.469. The lowest BCUT2D eigenvalue weighted by Gasteiger charge is -2.08. The van der Waals surface area contributed by atoms with Crippen molar-refractivity contribution in [1.29, 1.82) is 0 Å². The van der Waals surface area contributed by atoms with Crippen LogP contribution in [0.15, 0.2) is 0 Å². The van der Waals surface area contributed by atoms with Gasteiger partial charge in [-0.25, -0.2) is 0 Å². The summed E-state index contributed by atoms with van der Waals surface area (Å²) in [5, 5.41) is 0. The Labute approximate surface area is 58.4 Å². The molecule has 0 heterocycles. The third kappa shape index (κ3) is 3.42. The molecule has 44 valence electrons. The second kappa shape index (κ2) is 3.79. The number of rotatable bonds is 2. The van der Waals surface area contributed by atoms with Crippen LogP contribution in [0.5, 0.6) is 0 Å². The maximum atomic E-state index is 5.34. The van der Waals surface area contributed by atoms with Gasteiger partial charge in [-0.3, -0.25) is 0 Å². The third-order valence-corrected chi connectivity index (χ3v) is 1.67. The Morgan fingerprint density at radius 1 is 1.57 bits per heavy atom. The van der Waals surface area contributed by atoms with E-state index in [1.165, 1.54) is 0 Å². The van der Waals surface area contributed by atoms with Gasteiger partial charge >= 0.3 is 0 Å². The molecule has 1 nitrogen and oxygen atoms in total. The Hall–Kier alpha value is 0.830. The first-order valence-electron chi connectivity index (χ1n) is 1.85. The largest absolute Gasteiger partial charge is 0.128 e. The highest BCUT2D eigenvalue weighted by Gasteiger charge is 2.04. The lowest BCUT2D eigenvalue weighted by atomic mass is 10.4. The average molecular weight is 162 g/mol. The molecule has 4 heteroatoms. The summed E-state index contributed by atoms with van der Waals surface area (Å²) >= 11 is 15.8. The zero-order valence-corrected chi connectivity index (χ0v) is 6.13. The van der Waals surface area contributed by atoms with Gasteiger partial charge in [-0.1, -0.05) is 0 Å². The van der Waals surface area contributed by atoms with Crippen molar-refractivity contribution in [2.45, 2.75) is 13.0 Å². The molecule has 1 unspecified atom stereocenters. The van der Waals surface area contributed by atoms with E-state index in [0.29, 0.717) is 5.88 Å². The molecule has 1 atom stereocenters. The molecule has 0 aromatic carbocycles. The fourth-order valence-electron chi connectivity index (χ4n) is 0.0522. The van der Waals surface area contributed by atoms with Crippen molar-refractivity contribution < 1.29 is 0 Å². The van der Waals surface area contributed by atoms with E-state index < -0.39 is 0 Å². The second-order valence-electron chi connectivity index (χ2n) is 1.26. The van der Waals surface area contributed by atoms with Gasteiger partial charge in [0.1, 0.15) is 0 Å². The molecule has 0 N–H and O–H groups in total. The van der Waals surface area contributed by atoms with Crippen LogP contribution in [0, 0.1) is 0 Å². The van der Waals surface area contributed by atoms with Gasteiger partial charge in [0.25, 0.3) is 0 Å². The molecule has 0 aliphatic carbocycles. The third-order valence-electron chi connectivity index (χ3n) is 0.557. The van der Waals surface area contributed by atoms with Crippen LogP contribution in [-0.4, -0.2) is 15.9 Å². The van der Waals surface area contributed by atoms with Crippen LogP contribution in [0.4, 0.5) is 0 Å². The average Bonchev–Trinajstić information content (AvgIpc) is 1.65. The van der Waals surface area contributed by atoms with E-state index in [9.17, 15) is 0 Å². The van der Waals surface area contributed by atoms with Gasteiger partial charge in [-0.05, 0) is 30.5 Å². The van der Waals surface area contributed by atoms with E-state index in [1.54, 1.807) is 0 Å². The van der Waals surface area contributed by atoms with Crippen LogP contribution in [0.3, 0.4) is 0 Å². The van der Waals surface area contributed by atoms with Crippen LogP contribution in [0.1, 0.15) is 6.92 Å². The maximum Gasteiger partial charge on any atom is 0.0523 e. The van der Waals surface area contributed by atoms with Gasteiger partial charge in [0.15, 0.2) is 0 Å². The van der Waals surface area contributed by atoms with Gasteiger partial charge in [0.05, 0.1) is 6.04 Å². The van der Waals surface area contributed by atoms with Crippen LogP contribution >= 0.6 is 35.2 Å². The molecule has 0 spiro atoms. The highest BCUT2D eigenvalue weighted by atomic mass is 35.5. The SMILES string of the molecule is CC(CCl)N(Cl)Cl. The van der Waals surface area contributed by atoms with Gasteiger partial charge in [-0.2, -0.15) is 0 Å². The number of halogens is 3. The summed E-state index contributed by atoms with van der Waals surface area (Å²) in [6.45, 7) is 1.83. The lowest BCUT2D eigenvalue weighted by Crippen LogP contribution is -2.15. The highest BCUT2D eigenvalue weighted by Crippen LogP contribution is 2.06. The van der Waals surface area contributed by atoms with Crippen molar-refractivity contribution in [3.05, 3.63) is 0 Å². The first-order chi connectivity index (χ1) is 3.18. The van der Waals surface area contributed by atoms with Gasteiger partial charge in [0.2, 0.25) is 0 Å². The quantitative estimate of drug-likeness (QED) is 0.445. The van der Waals surface area contributed by atoms with E-state index in [2.05, 4.69) is 0 Å². The summed E-state index contributed by atoms with van der Waals surface area (Å²) in [5.74, 6) is 0.451. The lowest BCUT2D eigenvalue weighted by molar-refractivity contribution is 0.578. The van der Waals surface area contributed by atoms with Crippen molar-refractivity contribution in [1.82, 2.24) is 3.94 Å². The first-order valence-corrected chi connectivity index (χ1v) is 3.06. The Balaban J connectivity index is 3.14. The van der Waals surface area contributed by atoms with Crippen molar-refractivity contribution in [2.75, 3.05) is 5.88 Å². The Morgan fingerprint density at radius 3 is 2.00 bits per heavy atom. The summed E-state index contributed by atoms with van der Waals surface area (Å²) < 4.78 is 1.03. The minimum Gasteiger partial charge on any atom is -0.128 e. The molecule has 0 saturated heterocycles. The molecule has 0 aliphatic rings. The zero-order valence-electron chi connectivity index (χ0n) is 3.87. The standard InChI is InChI=1S/C3H6Cl3N/c1-3(2-4)7(5)6/h3H,2H2,1H3. The molecule has 0 radical (unpaired) electrons. The molecule has 7 heavy (non-hydrogen) atoms. The van der Waals surface area contributed by atoms with E-state index in [-0.39, 0.29) is 6.04 Å². The van der Waals surface area contributed by atoms with E-state index in [4.69, 9.17) is 35.2 Å². The normalized spacial score (nSPS) is 15.0. The summed E-state index contributed by atoms with van der Waals surface area (Å²) in [7, 11) is 0. The molecule has 0 rings (SSSR count). The van der Waals surface area contributed by atoms with Gasteiger partial charge in [-0.15, -0.1) is 15.5 Å². The molecule has 0 fully saturated rings. The number of hydrogen-bond donors (Lipinski definition) is 0. The minimum atomic E-state index is 0.0324. The predicted octanol–water partition coefficient (Wildman–Crippen LogP) is 2.22. The predicted molar refractivity (Wildman–Crippen MR) is 33.7 cm³/mol. The number of alkyl halides is 1. The Morgan fingerprint density at radius 2 is 2.00 bits per heavy atom. The first kappa shape index (κ1) is 7.83. The summed E-state index contributed by atoms with van der Waals surface area (Å²) in [5.41, 5.74) is 0. The molecular weight excluding hydrogens is 156 g/mol. The molecule has 0 aliphatic heterocycles. The maximum absolute atomic E-state index is 5.34. The van der Waals surface area contributed by atoms with Crippen LogP contribution in [-0.2, 0) is 0 Å². The molecule has 0 amide bonds. The Kier molecular flexibility index (Phi) is 4.24. The minimum absolute atomic E-state index is 0.0324. The monoisotopic (exact) mass is 161 g/mol. The number of nitrogens with zero attached hydrogens (tertiary/aromatic N) is 1. The van der Waals surface area contributed by atoms with Crippen LogP contribution in [0.25, 0.3) is 0 Å². The summed E-state index contributed by atoms with van der Waals surface area (Å²) in [4.78, 5) is 0. The Bertz CT molecular complexity index is 47.4. The van der Waals surface area contributed by atoms with Crippen molar-refractivity contribution >= 4 is 35.2 Å².